The lowest BCUT2D eigenvalue weighted by Gasteiger charge is -2.36. The van der Waals surface area contributed by atoms with Crippen LogP contribution < -0.4 is 14.5 Å². The molecular weight excluding hydrogens is 426 g/mol. The summed E-state index contributed by atoms with van der Waals surface area (Å²) in [5.41, 5.74) is 1.02. The standard InChI is InChI=1S/C21H25N9O3/c31-21(16-33-20-3-2-18(25-26-20)30-5-1-4-23-30)29-8-6-27(7-9-29)17-14-19(24-22-15-17)28-10-12-32-13-11-28/h1-5,14-15H,6-13,16H2. The number of anilines is 2. The highest BCUT2D eigenvalue weighted by atomic mass is 16.5. The third-order valence-corrected chi connectivity index (χ3v) is 5.67. The summed E-state index contributed by atoms with van der Waals surface area (Å²) < 4.78 is 12.6. The van der Waals surface area contributed by atoms with Gasteiger partial charge in [0.15, 0.2) is 18.2 Å². The molecule has 1 amide bonds. The molecule has 0 unspecified atom stereocenters. The van der Waals surface area contributed by atoms with Crippen molar-refractivity contribution in [2.24, 2.45) is 0 Å². The molecule has 0 aliphatic carbocycles. The van der Waals surface area contributed by atoms with Crippen molar-refractivity contribution in [2.45, 2.75) is 0 Å². The zero-order valence-corrected chi connectivity index (χ0v) is 18.2. The van der Waals surface area contributed by atoms with E-state index in [1.165, 1.54) is 0 Å². The number of aromatic nitrogens is 6. The molecule has 2 aliphatic heterocycles. The fourth-order valence-electron chi connectivity index (χ4n) is 3.82. The Balaban J connectivity index is 1.11. The maximum atomic E-state index is 12.6. The Labute approximate surface area is 190 Å². The van der Waals surface area contributed by atoms with Crippen LogP contribution in [-0.2, 0) is 9.53 Å². The highest BCUT2D eigenvalue weighted by Crippen LogP contribution is 2.21. The first-order valence-corrected chi connectivity index (χ1v) is 10.9. The van der Waals surface area contributed by atoms with Gasteiger partial charge in [-0.1, -0.05) is 0 Å². The van der Waals surface area contributed by atoms with Crippen LogP contribution in [-0.4, -0.2) is 100 Å². The number of ether oxygens (including phenoxy) is 2. The van der Waals surface area contributed by atoms with Crippen LogP contribution in [0.15, 0.2) is 42.9 Å². The van der Waals surface area contributed by atoms with Gasteiger partial charge >= 0.3 is 0 Å². The number of hydrogen-bond donors (Lipinski definition) is 0. The number of nitrogens with zero attached hydrogens (tertiary/aromatic N) is 9. The summed E-state index contributed by atoms with van der Waals surface area (Å²) in [5, 5.41) is 20.6. The van der Waals surface area contributed by atoms with Crippen molar-refractivity contribution in [1.29, 1.82) is 0 Å². The second-order valence-corrected chi connectivity index (χ2v) is 7.71. The molecule has 12 heteroatoms. The van der Waals surface area contributed by atoms with E-state index in [-0.39, 0.29) is 12.5 Å². The van der Waals surface area contributed by atoms with Crippen molar-refractivity contribution in [1.82, 2.24) is 35.1 Å². The number of hydrogen-bond acceptors (Lipinski definition) is 10. The molecule has 5 heterocycles. The van der Waals surface area contributed by atoms with Crippen LogP contribution in [0.1, 0.15) is 0 Å². The zero-order chi connectivity index (χ0) is 22.5. The van der Waals surface area contributed by atoms with Crippen LogP contribution >= 0.6 is 0 Å². The quantitative estimate of drug-likeness (QED) is 0.508. The molecule has 3 aromatic heterocycles. The van der Waals surface area contributed by atoms with Gasteiger partial charge in [0.25, 0.3) is 5.91 Å². The summed E-state index contributed by atoms with van der Waals surface area (Å²) in [6, 6.07) is 7.29. The molecule has 2 saturated heterocycles. The van der Waals surface area contributed by atoms with E-state index in [2.05, 4.69) is 41.4 Å². The molecule has 2 aliphatic rings. The van der Waals surface area contributed by atoms with Gasteiger partial charge in [0.2, 0.25) is 5.88 Å². The fourth-order valence-corrected chi connectivity index (χ4v) is 3.82. The summed E-state index contributed by atoms with van der Waals surface area (Å²) in [6.45, 7) is 5.63. The number of rotatable bonds is 6. The number of carbonyl (C=O) groups is 1. The monoisotopic (exact) mass is 451 g/mol. The maximum Gasteiger partial charge on any atom is 0.260 e. The van der Waals surface area contributed by atoms with E-state index in [0.29, 0.717) is 38.0 Å². The Morgan fingerprint density at radius 2 is 1.82 bits per heavy atom. The fraction of sp³-hybridized carbons (Fsp3) is 0.429. The number of carbonyl (C=O) groups excluding carboxylic acids is 1. The third kappa shape index (κ3) is 5.00. The summed E-state index contributed by atoms with van der Waals surface area (Å²) in [6.07, 6.45) is 5.22. The largest absolute Gasteiger partial charge is 0.466 e. The van der Waals surface area contributed by atoms with E-state index in [9.17, 15) is 4.79 Å². The Morgan fingerprint density at radius 3 is 2.55 bits per heavy atom. The van der Waals surface area contributed by atoms with Gasteiger partial charge < -0.3 is 24.2 Å². The molecule has 0 saturated carbocycles. The molecule has 0 aromatic carbocycles. The smallest absolute Gasteiger partial charge is 0.260 e. The molecule has 0 bridgehead atoms. The highest BCUT2D eigenvalue weighted by molar-refractivity contribution is 5.78. The van der Waals surface area contributed by atoms with Crippen molar-refractivity contribution in [3.63, 3.8) is 0 Å². The molecule has 0 radical (unpaired) electrons. The SMILES string of the molecule is O=C(COc1ccc(-n2cccn2)nn1)N1CCN(c2cnnc(N3CCOCC3)c2)CC1. The molecule has 3 aromatic rings. The molecule has 5 rings (SSSR count). The van der Waals surface area contributed by atoms with Crippen LogP contribution in [0.2, 0.25) is 0 Å². The molecule has 0 N–H and O–H groups in total. The van der Waals surface area contributed by atoms with Gasteiger partial charge in [-0.25, -0.2) is 4.68 Å². The molecule has 2 fully saturated rings. The Bertz CT molecular complexity index is 1050. The lowest BCUT2D eigenvalue weighted by atomic mass is 10.2. The van der Waals surface area contributed by atoms with E-state index in [4.69, 9.17) is 9.47 Å². The van der Waals surface area contributed by atoms with Gasteiger partial charge in [0.1, 0.15) is 0 Å². The summed E-state index contributed by atoms with van der Waals surface area (Å²) in [5.74, 6) is 1.67. The van der Waals surface area contributed by atoms with Gasteiger partial charge in [-0.2, -0.15) is 10.2 Å². The van der Waals surface area contributed by atoms with E-state index >= 15 is 0 Å². The first-order chi connectivity index (χ1) is 16.3. The average molecular weight is 451 g/mol. The molecule has 0 atom stereocenters. The maximum absolute atomic E-state index is 12.6. The van der Waals surface area contributed by atoms with Crippen LogP contribution in [0.25, 0.3) is 5.82 Å². The first-order valence-electron chi connectivity index (χ1n) is 10.9. The van der Waals surface area contributed by atoms with Gasteiger partial charge in [-0.05, 0) is 12.1 Å². The predicted molar refractivity (Wildman–Crippen MR) is 119 cm³/mol. The minimum absolute atomic E-state index is 0.0746. The van der Waals surface area contributed by atoms with Gasteiger partial charge in [0, 0.05) is 63.8 Å². The van der Waals surface area contributed by atoms with Crippen molar-refractivity contribution in [2.75, 3.05) is 68.9 Å². The zero-order valence-electron chi connectivity index (χ0n) is 18.2. The van der Waals surface area contributed by atoms with Gasteiger partial charge in [0.05, 0.1) is 25.1 Å². The average Bonchev–Trinajstić information content (AvgIpc) is 3.43. The van der Waals surface area contributed by atoms with Gasteiger partial charge in [-0.3, -0.25) is 4.79 Å². The Hall–Kier alpha value is -3.80. The number of amides is 1. The van der Waals surface area contributed by atoms with E-state index in [1.807, 2.05) is 0 Å². The third-order valence-electron chi connectivity index (χ3n) is 5.67. The number of piperazine rings is 1. The summed E-state index contributed by atoms with van der Waals surface area (Å²) in [7, 11) is 0. The number of morpholine rings is 1. The van der Waals surface area contributed by atoms with Crippen molar-refractivity contribution >= 4 is 17.4 Å². The van der Waals surface area contributed by atoms with Crippen LogP contribution in [0.3, 0.4) is 0 Å². The molecule has 172 valence electrons. The molecule has 33 heavy (non-hydrogen) atoms. The first kappa shape index (κ1) is 21.1. The second-order valence-electron chi connectivity index (χ2n) is 7.71. The normalized spacial score (nSPS) is 16.7. The Kier molecular flexibility index (Phi) is 6.24. The molecular formula is C21H25N9O3. The van der Waals surface area contributed by atoms with Crippen molar-refractivity contribution in [3.8, 4) is 11.7 Å². The molecule has 0 spiro atoms. The van der Waals surface area contributed by atoms with E-state index in [0.717, 1.165) is 37.7 Å². The van der Waals surface area contributed by atoms with Crippen LogP contribution in [0.5, 0.6) is 5.88 Å². The van der Waals surface area contributed by atoms with Crippen LogP contribution in [0.4, 0.5) is 11.5 Å². The summed E-state index contributed by atoms with van der Waals surface area (Å²) >= 11 is 0. The van der Waals surface area contributed by atoms with Crippen molar-refractivity contribution < 1.29 is 14.3 Å². The second kappa shape index (κ2) is 9.77. The topological polar surface area (TPSA) is 115 Å². The Morgan fingerprint density at radius 1 is 0.970 bits per heavy atom. The van der Waals surface area contributed by atoms with E-state index in [1.54, 1.807) is 46.4 Å². The minimum atomic E-state index is -0.0756. The van der Waals surface area contributed by atoms with Crippen LogP contribution in [0, 0.1) is 0 Å². The lowest BCUT2D eigenvalue weighted by Crippen LogP contribution is -2.50. The minimum Gasteiger partial charge on any atom is -0.466 e. The molecule has 12 nitrogen and oxygen atoms in total. The summed E-state index contributed by atoms with van der Waals surface area (Å²) in [4.78, 5) is 18.8. The predicted octanol–water partition coefficient (Wildman–Crippen LogP) is 0.0165. The highest BCUT2D eigenvalue weighted by Gasteiger charge is 2.23. The van der Waals surface area contributed by atoms with E-state index < -0.39 is 0 Å². The van der Waals surface area contributed by atoms with Gasteiger partial charge in [-0.15, -0.1) is 15.3 Å². The lowest BCUT2D eigenvalue weighted by molar-refractivity contribution is -0.133. The van der Waals surface area contributed by atoms with Crippen molar-refractivity contribution in [3.05, 3.63) is 42.9 Å².